The summed E-state index contributed by atoms with van der Waals surface area (Å²) in [6, 6.07) is 1.03. The maximum absolute atomic E-state index is 4.91. The highest BCUT2D eigenvalue weighted by atomic mass is 28.2. The lowest BCUT2D eigenvalue weighted by Crippen LogP contribution is -1.86. The molecule has 0 atom stereocenters. The van der Waals surface area contributed by atoms with Crippen LogP contribution in [0.25, 0.3) is 0 Å². The van der Waals surface area contributed by atoms with Crippen LogP contribution >= 0.6 is 0 Å². The van der Waals surface area contributed by atoms with Crippen molar-refractivity contribution in [3.8, 4) is 0 Å². The maximum atomic E-state index is 4.91. The second kappa shape index (κ2) is 5.50. The molecule has 2 heteroatoms. The van der Waals surface area contributed by atoms with Crippen LogP contribution in [0, 0.1) is 0 Å². The van der Waals surface area contributed by atoms with Crippen molar-refractivity contribution in [3.05, 3.63) is 25.5 Å². The second-order valence-corrected chi connectivity index (χ2v) is 2.43. The van der Waals surface area contributed by atoms with E-state index in [4.69, 9.17) is 4.43 Å². The molecule has 7 heavy (non-hydrogen) atoms. The molecule has 0 N–H and O–H groups in total. The van der Waals surface area contributed by atoms with Gasteiger partial charge in [-0.05, 0) is 6.04 Å². The highest BCUT2D eigenvalue weighted by Gasteiger charge is 1.75. The van der Waals surface area contributed by atoms with Gasteiger partial charge in [0, 0.05) is 0 Å². The van der Waals surface area contributed by atoms with Crippen LogP contribution in [0.1, 0.15) is 0 Å². The summed E-state index contributed by atoms with van der Waals surface area (Å²) in [5.41, 5.74) is 0. The summed E-state index contributed by atoms with van der Waals surface area (Å²) in [6.07, 6.45) is 3.37. The number of allylic oxidation sites excluding steroid dienone is 1. The average molecular weight is 114 g/mol. The van der Waals surface area contributed by atoms with Crippen LogP contribution in [-0.2, 0) is 4.43 Å². The molecule has 0 aromatic rings. The molecule has 40 valence electrons. The minimum absolute atomic E-state index is 0.325. The van der Waals surface area contributed by atoms with E-state index in [0.717, 1.165) is 6.04 Å². The first-order chi connectivity index (χ1) is 3.41. The Labute approximate surface area is 46.6 Å². The third kappa shape index (κ3) is 5.50. The van der Waals surface area contributed by atoms with Crippen LogP contribution in [0.4, 0.5) is 0 Å². The van der Waals surface area contributed by atoms with Crippen molar-refractivity contribution in [2.45, 2.75) is 6.04 Å². The minimum atomic E-state index is -0.325. The normalized spacial score (nSPS) is 9.14. The zero-order valence-electron chi connectivity index (χ0n) is 4.39. The predicted octanol–water partition coefficient (Wildman–Crippen LogP) is 0.835. The highest BCUT2D eigenvalue weighted by molar-refractivity contribution is 6.28. The number of hydrogen-bond acceptors (Lipinski definition) is 1. The fourth-order valence-corrected chi connectivity index (χ4v) is 0.704. The lowest BCUT2D eigenvalue weighted by atomic mass is 10.8. The van der Waals surface area contributed by atoms with E-state index in [-0.39, 0.29) is 9.76 Å². The van der Waals surface area contributed by atoms with Gasteiger partial charge in [-0.25, -0.2) is 0 Å². The molecular formula is C5H10OSi. The first-order valence-electron chi connectivity index (χ1n) is 2.25. The third-order valence-electron chi connectivity index (χ3n) is 0.558. The van der Waals surface area contributed by atoms with Crippen LogP contribution in [0.3, 0.4) is 0 Å². The van der Waals surface area contributed by atoms with Gasteiger partial charge in [0.2, 0.25) is 9.76 Å². The van der Waals surface area contributed by atoms with Crippen molar-refractivity contribution in [2.75, 3.05) is 0 Å². The van der Waals surface area contributed by atoms with Crippen molar-refractivity contribution in [3.63, 3.8) is 0 Å². The van der Waals surface area contributed by atoms with Gasteiger partial charge >= 0.3 is 0 Å². The molecule has 0 saturated heterocycles. The standard InChI is InChI=1S/C5H10OSi/c1-3-5-7-6-4-2/h3-4H,1-2,5,7H2. The zero-order valence-corrected chi connectivity index (χ0v) is 5.81. The first-order valence-corrected chi connectivity index (χ1v) is 3.83. The van der Waals surface area contributed by atoms with Crippen molar-refractivity contribution >= 4 is 9.76 Å². The fraction of sp³-hybridized carbons (Fsp3) is 0.200. The summed E-state index contributed by atoms with van der Waals surface area (Å²) >= 11 is 0. The van der Waals surface area contributed by atoms with Gasteiger partial charge in [0.05, 0.1) is 6.26 Å². The molecule has 0 radical (unpaired) electrons. The smallest absolute Gasteiger partial charge is 0.222 e. The molecule has 0 saturated carbocycles. The third-order valence-corrected chi connectivity index (χ3v) is 1.67. The summed E-state index contributed by atoms with van der Waals surface area (Å²) in [5, 5.41) is 0. The lowest BCUT2D eigenvalue weighted by Gasteiger charge is -1.90. The van der Waals surface area contributed by atoms with Crippen LogP contribution in [-0.4, -0.2) is 9.76 Å². The van der Waals surface area contributed by atoms with Crippen molar-refractivity contribution in [1.29, 1.82) is 0 Å². The Kier molecular flexibility index (Phi) is 5.10. The summed E-state index contributed by atoms with van der Waals surface area (Å²) in [5.74, 6) is 0. The van der Waals surface area contributed by atoms with E-state index in [1.165, 1.54) is 6.26 Å². The molecule has 0 aliphatic heterocycles. The van der Waals surface area contributed by atoms with E-state index in [9.17, 15) is 0 Å². The Hall–Kier alpha value is -0.503. The monoisotopic (exact) mass is 114 g/mol. The highest BCUT2D eigenvalue weighted by Crippen LogP contribution is 1.78. The Bertz CT molecular complexity index is 53.1. The Morgan fingerprint density at radius 1 is 1.57 bits per heavy atom. The summed E-state index contributed by atoms with van der Waals surface area (Å²) in [4.78, 5) is 0. The van der Waals surface area contributed by atoms with Crippen molar-refractivity contribution < 1.29 is 4.43 Å². The van der Waals surface area contributed by atoms with E-state index in [1.54, 1.807) is 0 Å². The van der Waals surface area contributed by atoms with Gasteiger partial charge in [-0.1, -0.05) is 12.7 Å². The van der Waals surface area contributed by atoms with Gasteiger partial charge in [0.25, 0.3) is 0 Å². The predicted molar refractivity (Wildman–Crippen MR) is 34.8 cm³/mol. The molecule has 0 bridgehead atoms. The van der Waals surface area contributed by atoms with Crippen LogP contribution in [0.2, 0.25) is 6.04 Å². The molecule has 0 aromatic carbocycles. The molecular weight excluding hydrogens is 104 g/mol. The number of hydrogen-bond donors (Lipinski definition) is 0. The van der Waals surface area contributed by atoms with E-state index in [0.29, 0.717) is 0 Å². The average Bonchev–Trinajstić information content (AvgIpc) is 1.69. The molecule has 0 fully saturated rings. The van der Waals surface area contributed by atoms with Crippen LogP contribution < -0.4 is 0 Å². The molecule has 0 unspecified atom stereocenters. The van der Waals surface area contributed by atoms with Crippen molar-refractivity contribution in [2.24, 2.45) is 0 Å². The van der Waals surface area contributed by atoms with E-state index in [1.807, 2.05) is 6.08 Å². The van der Waals surface area contributed by atoms with Gasteiger partial charge in [-0.2, -0.15) is 0 Å². The largest absolute Gasteiger partial charge is 0.555 e. The molecule has 0 aliphatic rings. The topological polar surface area (TPSA) is 9.23 Å². The van der Waals surface area contributed by atoms with Gasteiger partial charge in [-0.15, -0.1) is 6.58 Å². The fourth-order valence-electron chi connectivity index (χ4n) is 0.235. The Morgan fingerprint density at radius 2 is 2.29 bits per heavy atom. The summed E-state index contributed by atoms with van der Waals surface area (Å²) < 4.78 is 4.91. The van der Waals surface area contributed by atoms with E-state index < -0.39 is 0 Å². The maximum Gasteiger partial charge on any atom is 0.222 e. The number of rotatable bonds is 4. The Morgan fingerprint density at radius 3 is 2.71 bits per heavy atom. The molecule has 0 spiro atoms. The van der Waals surface area contributed by atoms with E-state index in [2.05, 4.69) is 13.2 Å². The summed E-state index contributed by atoms with van der Waals surface area (Å²) in [7, 11) is -0.325. The molecule has 0 amide bonds. The van der Waals surface area contributed by atoms with E-state index >= 15 is 0 Å². The van der Waals surface area contributed by atoms with Gasteiger partial charge in [0.15, 0.2) is 0 Å². The second-order valence-electron chi connectivity index (χ2n) is 1.11. The molecule has 1 nitrogen and oxygen atoms in total. The zero-order chi connectivity index (χ0) is 5.54. The van der Waals surface area contributed by atoms with Crippen LogP contribution in [0.5, 0.6) is 0 Å². The molecule has 0 heterocycles. The van der Waals surface area contributed by atoms with Gasteiger partial charge in [0.1, 0.15) is 0 Å². The quantitative estimate of drug-likeness (QED) is 0.228. The SMILES string of the molecule is C=CC[SiH2]OC=C. The van der Waals surface area contributed by atoms with Crippen molar-refractivity contribution in [1.82, 2.24) is 0 Å². The first kappa shape index (κ1) is 6.50. The lowest BCUT2D eigenvalue weighted by molar-refractivity contribution is 0.518. The minimum Gasteiger partial charge on any atom is -0.555 e. The summed E-state index contributed by atoms with van der Waals surface area (Å²) in [6.45, 7) is 6.96. The molecule has 0 aliphatic carbocycles. The Balaban J connectivity index is 2.68. The van der Waals surface area contributed by atoms with Crippen LogP contribution in [0.15, 0.2) is 25.5 Å². The molecule has 0 aromatic heterocycles. The van der Waals surface area contributed by atoms with Gasteiger partial charge in [-0.3, -0.25) is 0 Å². The van der Waals surface area contributed by atoms with Gasteiger partial charge < -0.3 is 4.43 Å². The molecule has 0 rings (SSSR count).